The molecule has 158 valence electrons. The molecule has 7 heteroatoms. The van der Waals surface area contributed by atoms with E-state index in [1.807, 2.05) is 6.92 Å². The quantitative estimate of drug-likeness (QED) is 0.289. The standard InChI is InChI=1S/C24H21O6P/c1-2-28-19-13-14-20-21(15-19)22(25)16-23(24(20)26)31(27,29-17-9-5-3-6-10-17)30-18-11-7-4-8-12-18/h3-16,25-26H,2H2,1H3. The largest absolute Gasteiger partial charge is 0.507 e. The number of phenols is 2. The lowest BCUT2D eigenvalue weighted by molar-refractivity contribution is 0.340. The average molecular weight is 436 g/mol. The normalized spacial score (nSPS) is 11.3. The van der Waals surface area contributed by atoms with E-state index in [4.69, 9.17) is 13.8 Å². The molecule has 0 aliphatic heterocycles. The Balaban J connectivity index is 1.86. The van der Waals surface area contributed by atoms with Crippen molar-refractivity contribution in [2.45, 2.75) is 6.92 Å². The van der Waals surface area contributed by atoms with E-state index in [9.17, 15) is 14.8 Å². The molecule has 4 aromatic carbocycles. The molecule has 0 spiro atoms. The Kier molecular flexibility index (Phi) is 5.74. The van der Waals surface area contributed by atoms with Gasteiger partial charge in [0.25, 0.3) is 0 Å². The van der Waals surface area contributed by atoms with Crippen LogP contribution >= 0.6 is 7.60 Å². The average Bonchev–Trinajstić information content (AvgIpc) is 2.77. The molecule has 0 aliphatic rings. The first-order chi connectivity index (χ1) is 15.0. The van der Waals surface area contributed by atoms with Gasteiger partial charge in [0.2, 0.25) is 0 Å². The Morgan fingerprint density at radius 2 is 1.32 bits per heavy atom. The third kappa shape index (κ3) is 4.30. The summed E-state index contributed by atoms with van der Waals surface area (Å²) in [4.78, 5) is 0. The number of fused-ring (bicyclic) bond motifs is 1. The predicted octanol–water partition coefficient (Wildman–Crippen LogP) is 5.63. The van der Waals surface area contributed by atoms with E-state index in [1.54, 1.807) is 78.9 Å². The Bertz CT molecular complexity index is 1200. The summed E-state index contributed by atoms with van der Waals surface area (Å²) < 4.78 is 31.0. The van der Waals surface area contributed by atoms with Crippen LogP contribution < -0.4 is 19.1 Å². The molecule has 0 heterocycles. The molecule has 0 saturated heterocycles. The SMILES string of the molecule is CCOc1ccc2c(O)c(P(=O)(Oc3ccccc3)Oc3ccccc3)cc(O)c2c1. The fourth-order valence-electron chi connectivity index (χ4n) is 3.18. The molecule has 0 amide bonds. The highest BCUT2D eigenvalue weighted by atomic mass is 31.2. The first-order valence-electron chi connectivity index (χ1n) is 9.71. The number of phenolic OH excluding ortho intramolecular Hbond substituents is 2. The summed E-state index contributed by atoms with van der Waals surface area (Å²) in [6.45, 7) is 2.31. The fourth-order valence-corrected chi connectivity index (χ4v) is 4.87. The van der Waals surface area contributed by atoms with Gasteiger partial charge in [-0.3, -0.25) is 0 Å². The third-order valence-electron chi connectivity index (χ3n) is 4.58. The Hall–Kier alpha value is -3.63. The summed E-state index contributed by atoms with van der Waals surface area (Å²) in [7, 11) is -4.15. The number of para-hydroxylation sites is 2. The first kappa shape index (κ1) is 20.6. The van der Waals surface area contributed by atoms with Crippen LogP contribution in [0.1, 0.15) is 6.92 Å². The Labute approximate surface area is 179 Å². The number of ether oxygens (including phenoxy) is 1. The molecular weight excluding hydrogens is 415 g/mol. The van der Waals surface area contributed by atoms with Crippen molar-refractivity contribution in [2.75, 3.05) is 6.61 Å². The van der Waals surface area contributed by atoms with Gasteiger partial charge in [-0.25, -0.2) is 4.57 Å². The van der Waals surface area contributed by atoms with Crippen LogP contribution in [0.3, 0.4) is 0 Å². The minimum absolute atomic E-state index is 0.144. The summed E-state index contributed by atoms with van der Waals surface area (Å²) in [5, 5.41) is 22.2. The van der Waals surface area contributed by atoms with Gasteiger partial charge < -0.3 is 24.0 Å². The van der Waals surface area contributed by atoms with E-state index in [-0.39, 0.29) is 16.8 Å². The number of benzene rings is 4. The van der Waals surface area contributed by atoms with E-state index in [0.29, 0.717) is 34.6 Å². The zero-order valence-corrected chi connectivity index (χ0v) is 17.7. The van der Waals surface area contributed by atoms with Gasteiger partial charge >= 0.3 is 7.60 Å². The number of aromatic hydroxyl groups is 2. The zero-order chi connectivity index (χ0) is 21.8. The number of rotatable bonds is 7. The second-order valence-electron chi connectivity index (χ2n) is 6.71. The Morgan fingerprint density at radius 1 is 0.742 bits per heavy atom. The molecule has 0 atom stereocenters. The molecule has 0 fully saturated rings. The number of hydrogen-bond donors (Lipinski definition) is 2. The molecule has 0 unspecified atom stereocenters. The van der Waals surface area contributed by atoms with Gasteiger partial charge in [-0.1, -0.05) is 36.4 Å². The van der Waals surface area contributed by atoms with E-state index in [2.05, 4.69) is 0 Å². The van der Waals surface area contributed by atoms with Crippen molar-refractivity contribution in [1.82, 2.24) is 0 Å². The summed E-state index contributed by atoms with van der Waals surface area (Å²) in [5.74, 6) is 0.658. The summed E-state index contributed by atoms with van der Waals surface area (Å²) in [6.07, 6.45) is 0. The second-order valence-corrected chi connectivity index (χ2v) is 8.55. The number of hydrogen-bond acceptors (Lipinski definition) is 6. The van der Waals surface area contributed by atoms with Crippen molar-refractivity contribution in [1.29, 1.82) is 0 Å². The minimum Gasteiger partial charge on any atom is -0.507 e. The summed E-state index contributed by atoms with van der Waals surface area (Å²) >= 11 is 0. The van der Waals surface area contributed by atoms with Gasteiger partial charge in [0.15, 0.2) is 0 Å². The fraction of sp³-hybridized carbons (Fsp3) is 0.0833. The van der Waals surface area contributed by atoms with Crippen LogP contribution in [0.5, 0.6) is 28.7 Å². The van der Waals surface area contributed by atoms with Crippen molar-refractivity contribution in [3.05, 3.63) is 84.9 Å². The van der Waals surface area contributed by atoms with Crippen molar-refractivity contribution in [2.24, 2.45) is 0 Å². The van der Waals surface area contributed by atoms with Crippen LogP contribution in [0.4, 0.5) is 0 Å². The topological polar surface area (TPSA) is 85.2 Å². The molecule has 4 aromatic rings. The van der Waals surface area contributed by atoms with Gasteiger partial charge in [0, 0.05) is 16.8 Å². The van der Waals surface area contributed by atoms with E-state index < -0.39 is 7.60 Å². The second kappa shape index (κ2) is 8.62. The van der Waals surface area contributed by atoms with Crippen LogP contribution in [0.15, 0.2) is 84.9 Å². The lowest BCUT2D eigenvalue weighted by Crippen LogP contribution is -2.15. The van der Waals surface area contributed by atoms with E-state index in [1.165, 1.54) is 6.07 Å². The van der Waals surface area contributed by atoms with Crippen LogP contribution in [-0.2, 0) is 4.57 Å². The van der Waals surface area contributed by atoms with Crippen LogP contribution in [0, 0.1) is 0 Å². The van der Waals surface area contributed by atoms with Crippen molar-refractivity contribution < 1.29 is 28.6 Å². The van der Waals surface area contributed by atoms with E-state index in [0.717, 1.165) is 0 Å². The third-order valence-corrected chi connectivity index (χ3v) is 6.42. The van der Waals surface area contributed by atoms with Gasteiger partial charge in [0.05, 0.1) is 6.61 Å². The highest BCUT2D eigenvalue weighted by Gasteiger charge is 2.36. The van der Waals surface area contributed by atoms with Crippen LogP contribution in [0.25, 0.3) is 10.8 Å². The van der Waals surface area contributed by atoms with Gasteiger partial charge in [-0.15, -0.1) is 0 Å². The maximum atomic E-state index is 14.0. The highest BCUT2D eigenvalue weighted by Crippen LogP contribution is 2.51. The van der Waals surface area contributed by atoms with Crippen molar-refractivity contribution in [3.8, 4) is 28.7 Å². The van der Waals surface area contributed by atoms with Crippen LogP contribution in [-0.4, -0.2) is 16.8 Å². The molecule has 6 nitrogen and oxygen atoms in total. The lowest BCUT2D eigenvalue weighted by atomic mass is 10.1. The van der Waals surface area contributed by atoms with Gasteiger partial charge in [-0.2, -0.15) is 0 Å². The summed E-state index contributed by atoms with van der Waals surface area (Å²) in [6, 6.07) is 23.1. The predicted molar refractivity (Wildman–Crippen MR) is 120 cm³/mol. The smallest absolute Gasteiger partial charge is 0.466 e. The Morgan fingerprint density at radius 3 is 1.87 bits per heavy atom. The highest BCUT2D eigenvalue weighted by molar-refractivity contribution is 7.63. The zero-order valence-electron chi connectivity index (χ0n) is 16.8. The minimum atomic E-state index is -4.15. The maximum Gasteiger partial charge on any atom is 0.466 e. The monoisotopic (exact) mass is 436 g/mol. The molecule has 0 aromatic heterocycles. The van der Waals surface area contributed by atoms with E-state index >= 15 is 0 Å². The molecule has 0 radical (unpaired) electrons. The molecular formula is C24H21O6P. The molecule has 0 bridgehead atoms. The molecule has 0 aliphatic carbocycles. The van der Waals surface area contributed by atoms with Crippen molar-refractivity contribution in [3.63, 3.8) is 0 Å². The molecule has 2 N–H and O–H groups in total. The summed E-state index contributed by atoms with van der Waals surface area (Å²) in [5.41, 5.74) is 0. The van der Waals surface area contributed by atoms with Gasteiger partial charge in [0.1, 0.15) is 34.1 Å². The van der Waals surface area contributed by atoms with Crippen molar-refractivity contribution >= 4 is 23.7 Å². The van der Waals surface area contributed by atoms with Crippen LogP contribution in [0.2, 0.25) is 0 Å². The molecule has 4 rings (SSSR count). The maximum absolute atomic E-state index is 14.0. The molecule has 0 saturated carbocycles. The molecule has 31 heavy (non-hydrogen) atoms. The van der Waals surface area contributed by atoms with Gasteiger partial charge in [-0.05, 0) is 49.4 Å². The lowest BCUT2D eigenvalue weighted by Gasteiger charge is -2.22. The first-order valence-corrected chi connectivity index (χ1v) is 11.3.